The van der Waals surface area contributed by atoms with Crippen molar-refractivity contribution in [2.24, 2.45) is 11.7 Å². The number of nitrogens with two attached hydrogens (primary N) is 1. The highest BCUT2D eigenvalue weighted by molar-refractivity contribution is 6.30. The van der Waals surface area contributed by atoms with Gasteiger partial charge in [0, 0.05) is 29.2 Å². The van der Waals surface area contributed by atoms with Crippen molar-refractivity contribution in [3.63, 3.8) is 0 Å². The number of fused-ring (bicyclic) bond motifs is 1. The summed E-state index contributed by atoms with van der Waals surface area (Å²) in [6.07, 6.45) is 2.24. The van der Waals surface area contributed by atoms with E-state index in [1.807, 2.05) is 6.92 Å². The Balaban J connectivity index is 1.70. The van der Waals surface area contributed by atoms with Crippen LogP contribution in [-0.4, -0.2) is 30.7 Å². The largest absolute Gasteiger partial charge is 0.376 e. The van der Waals surface area contributed by atoms with Crippen LogP contribution in [0.4, 0.5) is 0 Å². The van der Waals surface area contributed by atoms with E-state index in [1.165, 1.54) is 0 Å². The molecule has 0 bridgehead atoms. The predicted molar refractivity (Wildman–Crippen MR) is 77.9 cm³/mol. The van der Waals surface area contributed by atoms with E-state index >= 15 is 0 Å². The molecule has 2 aliphatic rings. The minimum atomic E-state index is -0.104. The zero-order valence-electron chi connectivity index (χ0n) is 11.4. The van der Waals surface area contributed by atoms with Crippen LogP contribution >= 0.6 is 11.6 Å². The number of hydrogen-bond donors (Lipinski definition) is 2. The Morgan fingerprint density at radius 3 is 3.05 bits per heavy atom. The van der Waals surface area contributed by atoms with E-state index in [1.54, 1.807) is 18.2 Å². The first-order valence-electron chi connectivity index (χ1n) is 7.02. The molecule has 4 atom stereocenters. The van der Waals surface area contributed by atoms with Crippen LogP contribution in [-0.2, 0) is 4.74 Å². The smallest absolute Gasteiger partial charge is 0.251 e. The molecular weight excluding hydrogens is 276 g/mol. The standard InChI is InChI=1S/C15H19ClN2O2/c1-8-7-9(16)4-5-10(8)15(19)18-13-12(17)11-3-2-6-20-14(11)13/h4-5,7,11-14H,2-3,6,17H2,1H3,(H,18,19). The summed E-state index contributed by atoms with van der Waals surface area (Å²) in [5.41, 5.74) is 7.65. The van der Waals surface area contributed by atoms with Crippen LogP contribution < -0.4 is 11.1 Å². The van der Waals surface area contributed by atoms with E-state index in [0.717, 1.165) is 25.0 Å². The number of amides is 1. The van der Waals surface area contributed by atoms with Gasteiger partial charge in [-0.3, -0.25) is 4.79 Å². The zero-order chi connectivity index (χ0) is 14.3. The lowest BCUT2D eigenvalue weighted by Crippen LogP contribution is -2.72. The maximum atomic E-state index is 12.3. The molecule has 1 saturated carbocycles. The van der Waals surface area contributed by atoms with Crippen molar-refractivity contribution in [1.82, 2.24) is 5.32 Å². The topological polar surface area (TPSA) is 64.4 Å². The van der Waals surface area contributed by atoms with Crippen molar-refractivity contribution in [1.29, 1.82) is 0 Å². The number of rotatable bonds is 2. The maximum Gasteiger partial charge on any atom is 0.251 e. The summed E-state index contributed by atoms with van der Waals surface area (Å²) < 4.78 is 5.73. The van der Waals surface area contributed by atoms with E-state index in [4.69, 9.17) is 22.1 Å². The van der Waals surface area contributed by atoms with Crippen LogP contribution in [0.1, 0.15) is 28.8 Å². The van der Waals surface area contributed by atoms with Crippen LogP contribution in [0, 0.1) is 12.8 Å². The number of aryl methyl sites for hydroxylation is 1. The first-order valence-corrected chi connectivity index (χ1v) is 7.40. The minimum Gasteiger partial charge on any atom is -0.376 e. The van der Waals surface area contributed by atoms with Crippen molar-refractivity contribution < 1.29 is 9.53 Å². The fourth-order valence-corrected chi connectivity index (χ4v) is 3.46. The van der Waals surface area contributed by atoms with Crippen molar-refractivity contribution in [2.75, 3.05) is 6.61 Å². The monoisotopic (exact) mass is 294 g/mol. The molecule has 0 aromatic heterocycles. The molecule has 1 saturated heterocycles. The van der Waals surface area contributed by atoms with Crippen LogP contribution in [0.15, 0.2) is 18.2 Å². The van der Waals surface area contributed by atoms with Gasteiger partial charge < -0.3 is 15.8 Å². The molecule has 1 aliphatic carbocycles. The molecule has 1 heterocycles. The van der Waals surface area contributed by atoms with Gasteiger partial charge in [0.05, 0.1) is 12.1 Å². The van der Waals surface area contributed by atoms with E-state index in [2.05, 4.69) is 5.32 Å². The highest BCUT2D eigenvalue weighted by atomic mass is 35.5. The van der Waals surface area contributed by atoms with Gasteiger partial charge in [0.15, 0.2) is 0 Å². The van der Waals surface area contributed by atoms with Crippen molar-refractivity contribution in [2.45, 2.75) is 38.0 Å². The quantitative estimate of drug-likeness (QED) is 0.875. The number of carbonyl (C=O) groups is 1. The second kappa shape index (κ2) is 5.35. The normalized spacial score (nSPS) is 32.1. The molecule has 4 nitrogen and oxygen atoms in total. The van der Waals surface area contributed by atoms with Crippen LogP contribution in [0.3, 0.4) is 0 Å². The van der Waals surface area contributed by atoms with Crippen molar-refractivity contribution in [3.05, 3.63) is 34.3 Å². The molecular formula is C15H19ClN2O2. The lowest BCUT2D eigenvalue weighted by atomic mass is 9.68. The molecule has 108 valence electrons. The lowest BCUT2D eigenvalue weighted by Gasteiger charge is -2.52. The Bertz CT molecular complexity index is 535. The summed E-state index contributed by atoms with van der Waals surface area (Å²) in [6.45, 7) is 2.64. The Kier molecular flexibility index (Phi) is 3.71. The van der Waals surface area contributed by atoms with Crippen molar-refractivity contribution in [3.8, 4) is 0 Å². The third-order valence-corrected chi connectivity index (χ3v) is 4.64. The summed E-state index contributed by atoms with van der Waals surface area (Å²) in [5, 5.41) is 3.64. The van der Waals surface area contributed by atoms with E-state index < -0.39 is 0 Å². The van der Waals surface area contributed by atoms with Gasteiger partial charge in [-0.1, -0.05) is 11.6 Å². The molecule has 1 aromatic carbocycles. The molecule has 0 spiro atoms. The van der Waals surface area contributed by atoms with Gasteiger partial charge >= 0.3 is 0 Å². The summed E-state index contributed by atoms with van der Waals surface area (Å²) >= 11 is 5.91. The predicted octanol–water partition coefficient (Wildman–Crippen LogP) is 1.88. The zero-order valence-corrected chi connectivity index (χ0v) is 12.2. The average molecular weight is 295 g/mol. The maximum absolute atomic E-state index is 12.3. The summed E-state index contributed by atoms with van der Waals surface area (Å²) in [7, 11) is 0. The lowest BCUT2D eigenvalue weighted by molar-refractivity contribution is -0.117. The Hall–Kier alpha value is -1.10. The number of carbonyl (C=O) groups excluding carboxylic acids is 1. The number of nitrogens with one attached hydrogen (secondary N) is 1. The summed E-state index contributed by atoms with van der Waals surface area (Å²) in [4.78, 5) is 12.3. The fraction of sp³-hybridized carbons (Fsp3) is 0.533. The number of halogens is 1. The summed E-state index contributed by atoms with van der Waals surface area (Å²) in [5.74, 6) is 0.285. The van der Waals surface area contributed by atoms with Gasteiger partial charge in [-0.25, -0.2) is 0 Å². The Labute approximate surface area is 123 Å². The Morgan fingerprint density at radius 2 is 2.30 bits per heavy atom. The third-order valence-electron chi connectivity index (χ3n) is 4.41. The molecule has 1 aliphatic heterocycles. The first kappa shape index (κ1) is 13.9. The molecule has 20 heavy (non-hydrogen) atoms. The van der Waals surface area contributed by atoms with Gasteiger partial charge in [-0.15, -0.1) is 0 Å². The van der Waals surface area contributed by atoms with E-state index in [9.17, 15) is 4.79 Å². The molecule has 2 fully saturated rings. The first-order chi connectivity index (χ1) is 9.58. The van der Waals surface area contributed by atoms with Gasteiger partial charge in [0.25, 0.3) is 5.91 Å². The second-order valence-electron chi connectivity index (χ2n) is 5.68. The summed E-state index contributed by atoms with van der Waals surface area (Å²) in [6, 6.07) is 5.18. The number of hydrogen-bond acceptors (Lipinski definition) is 3. The average Bonchev–Trinajstić information content (AvgIpc) is 2.44. The molecule has 1 amide bonds. The number of ether oxygens (including phenoxy) is 1. The molecule has 3 N–H and O–H groups in total. The molecule has 4 unspecified atom stereocenters. The van der Waals surface area contributed by atoms with Crippen LogP contribution in [0.5, 0.6) is 0 Å². The highest BCUT2D eigenvalue weighted by Crippen LogP contribution is 2.37. The van der Waals surface area contributed by atoms with Gasteiger partial charge in [0.1, 0.15) is 0 Å². The van der Waals surface area contributed by atoms with Crippen LogP contribution in [0.2, 0.25) is 5.02 Å². The molecule has 5 heteroatoms. The van der Waals surface area contributed by atoms with Gasteiger partial charge in [-0.05, 0) is 43.5 Å². The molecule has 1 aromatic rings. The second-order valence-corrected chi connectivity index (χ2v) is 6.11. The van der Waals surface area contributed by atoms with E-state index in [0.29, 0.717) is 16.5 Å². The highest BCUT2D eigenvalue weighted by Gasteiger charge is 2.51. The SMILES string of the molecule is Cc1cc(Cl)ccc1C(=O)NC1C(N)C2CCCOC21. The minimum absolute atomic E-state index is 0.00291. The third kappa shape index (κ3) is 2.32. The fourth-order valence-electron chi connectivity index (χ4n) is 3.24. The molecule has 3 rings (SSSR count). The van der Waals surface area contributed by atoms with Gasteiger partial charge in [0.2, 0.25) is 0 Å². The van der Waals surface area contributed by atoms with Crippen LogP contribution in [0.25, 0.3) is 0 Å². The molecule has 0 radical (unpaired) electrons. The van der Waals surface area contributed by atoms with Crippen molar-refractivity contribution >= 4 is 17.5 Å². The Morgan fingerprint density at radius 1 is 1.50 bits per heavy atom. The van der Waals surface area contributed by atoms with E-state index in [-0.39, 0.29) is 24.1 Å². The number of benzene rings is 1. The van der Waals surface area contributed by atoms with Gasteiger partial charge in [-0.2, -0.15) is 0 Å².